The van der Waals surface area contributed by atoms with E-state index in [0.29, 0.717) is 27.9 Å². The second-order valence-corrected chi connectivity index (χ2v) is 6.36. The number of hydrogen-bond donors (Lipinski definition) is 2. The van der Waals surface area contributed by atoms with Gasteiger partial charge in [-0.25, -0.2) is 24.0 Å². The SMILES string of the molecule is O=C1Nc2nc(-c3nn(Cc4ccccc4F)c4ncccc34)ncc2C1O. The van der Waals surface area contributed by atoms with Crippen LogP contribution in [0.4, 0.5) is 10.2 Å². The third-order valence-corrected chi connectivity index (χ3v) is 4.60. The molecule has 4 aromatic rings. The minimum Gasteiger partial charge on any atom is -0.378 e. The number of halogens is 1. The van der Waals surface area contributed by atoms with Gasteiger partial charge in [0.15, 0.2) is 17.6 Å². The van der Waals surface area contributed by atoms with Crippen molar-refractivity contribution in [1.82, 2.24) is 24.7 Å². The van der Waals surface area contributed by atoms with E-state index in [1.807, 2.05) is 6.07 Å². The number of fused-ring (bicyclic) bond motifs is 2. The molecule has 0 radical (unpaired) electrons. The molecule has 0 saturated heterocycles. The number of carbonyl (C=O) groups excluding carboxylic acids is 1. The van der Waals surface area contributed by atoms with E-state index in [0.717, 1.165) is 0 Å². The number of aromatic nitrogens is 5. The van der Waals surface area contributed by atoms with Gasteiger partial charge in [0.25, 0.3) is 5.91 Å². The summed E-state index contributed by atoms with van der Waals surface area (Å²) in [5.74, 6) is -0.339. The Morgan fingerprint density at radius 2 is 2.04 bits per heavy atom. The third kappa shape index (κ3) is 2.52. The molecular weight excluding hydrogens is 363 g/mol. The topological polar surface area (TPSA) is 106 Å². The van der Waals surface area contributed by atoms with Crippen LogP contribution in [0.3, 0.4) is 0 Å². The first-order chi connectivity index (χ1) is 13.6. The highest BCUT2D eigenvalue weighted by molar-refractivity contribution is 6.00. The van der Waals surface area contributed by atoms with Gasteiger partial charge >= 0.3 is 0 Å². The minimum atomic E-state index is -1.28. The third-order valence-electron chi connectivity index (χ3n) is 4.60. The predicted molar refractivity (Wildman–Crippen MR) is 97.6 cm³/mol. The molecule has 4 heterocycles. The van der Waals surface area contributed by atoms with Gasteiger partial charge in [0.2, 0.25) is 0 Å². The van der Waals surface area contributed by atoms with Crippen LogP contribution < -0.4 is 5.32 Å². The first-order valence-electron chi connectivity index (χ1n) is 8.53. The number of benzene rings is 1. The Labute approximate surface area is 157 Å². The van der Waals surface area contributed by atoms with E-state index in [1.165, 1.54) is 12.3 Å². The molecule has 1 atom stereocenters. The van der Waals surface area contributed by atoms with Crippen molar-refractivity contribution in [3.8, 4) is 11.5 Å². The summed E-state index contributed by atoms with van der Waals surface area (Å²) in [6.45, 7) is 0.195. The molecule has 1 aromatic carbocycles. The van der Waals surface area contributed by atoms with E-state index in [9.17, 15) is 14.3 Å². The molecule has 28 heavy (non-hydrogen) atoms. The number of pyridine rings is 1. The molecule has 5 rings (SSSR count). The fourth-order valence-electron chi connectivity index (χ4n) is 3.20. The van der Waals surface area contributed by atoms with E-state index in [4.69, 9.17) is 0 Å². The summed E-state index contributed by atoms with van der Waals surface area (Å²) in [4.78, 5) is 24.6. The average molecular weight is 376 g/mol. The lowest BCUT2D eigenvalue weighted by molar-refractivity contribution is -0.123. The van der Waals surface area contributed by atoms with Crippen molar-refractivity contribution in [2.24, 2.45) is 0 Å². The fourth-order valence-corrected chi connectivity index (χ4v) is 3.20. The van der Waals surface area contributed by atoms with Gasteiger partial charge in [0.05, 0.1) is 17.5 Å². The van der Waals surface area contributed by atoms with Crippen molar-refractivity contribution in [2.45, 2.75) is 12.6 Å². The molecule has 1 amide bonds. The molecule has 0 fully saturated rings. The number of rotatable bonds is 3. The first kappa shape index (κ1) is 16.5. The van der Waals surface area contributed by atoms with Gasteiger partial charge in [-0.3, -0.25) is 4.79 Å². The predicted octanol–water partition coefficient (Wildman–Crippen LogP) is 2.06. The van der Waals surface area contributed by atoms with Gasteiger partial charge in [-0.2, -0.15) is 5.10 Å². The normalized spacial score (nSPS) is 15.6. The molecule has 8 nitrogen and oxygen atoms in total. The van der Waals surface area contributed by atoms with Crippen LogP contribution in [0.5, 0.6) is 0 Å². The second-order valence-electron chi connectivity index (χ2n) is 6.36. The number of carbonyl (C=O) groups is 1. The molecule has 9 heteroatoms. The maximum absolute atomic E-state index is 14.1. The summed E-state index contributed by atoms with van der Waals surface area (Å²) < 4.78 is 15.7. The van der Waals surface area contributed by atoms with Crippen molar-refractivity contribution in [3.05, 3.63) is 65.7 Å². The summed E-state index contributed by atoms with van der Waals surface area (Å²) in [6.07, 6.45) is 1.76. The number of nitrogens with zero attached hydrogens (tertiary/aromatic N) is 5. The Balaban J connectivity index is 1.63. The summed E-state index contributed by atoms with van der Waals surface area (Å²) in [6, 6.07) is 10.1. The highest BCUT2D eigenvalue weighted by Crippen LogP contribution is 2.31. The molecule has 138 valence electrons. The van der Waals surface area contributed by atoms with Gasteiger partial charge < -0.3 is 10.4 Å². The van der Waals surface area contributed by atoms with Gasteiger partial charge in [-0.15, -0.1) is 0 Å². The lowest BCUT2D eigenvalue weighted by atomic mass is 10.2. The lowest BCUT2D eigenvalue weighted by Crippen LogP contribution is -2.10. The van der Waals surface area contributed by atoms with Crippen LogP contribution >= 0.6 is 0 Å². The second kappa shape index (κ2) is 6.17. The quantitative estimate of drug-likeness (QED) is 0.567. The van der Waals surface area contributed by atoms with E-state index in [-0.39, 0.29) is 24.0 Å². The molecular formula is C19H13FN6O2. The van der Waals surface area contributed by atoms with Crippen LogP contribution in [0.2, 0.25) is 0 Å². The van der Waals surface area contributed by atoms with Crippen LogP contribution in [0.1, 0.15) is 17.2 Å². The fraction of sp³-hybridized carbons (Fsp3) is 0.105. The number of nitrogens with one attached hydrogen (secondary N) is 1. The Hall–Kier alpha value is -3.72. The number of anilines is 1. The zero-order valence-electron chi connectivity index (χ0n) is 14.4. The molecule has 0 aliphatic carbocycles. The molecule has 0 bridgehead atoms. The van der Waals surface area contributed by atoms with E-state index >= 15 is 0 Å². The monoisotopic (exact) mass is 376 g/mol. The van der Waals surface area contributed by atoms with Crippen molar-refractivity contribution in [1.29, 1.82) is 0 Å². The molecule has 0 saturated carbocycles. The van der Waals surface area contributed by atoms with Gasteiger partial charge in [0.1, 0.15) is 17.3 Å². The van der Waals surface area contributed by atoms with Crippen LogP contribution in [-0.2, 0) is 11.3 Å². The smallest absolute Gasteiger partial charge is 0.259 e. The highest BCUT2D eigenvalue weighted by Gasteiger charge is 2.31. The Morgan fingerprint density at radius 1 is 1.18 bits per heavy atom. The summed E-state index contributed by atoms with van der Waals surface area (Å²) in [5, 5.41) is 17.6. The van der Waals surface area contributed by atoms with Gasteiger partial charge in [0, 0.05) is 18.0 Å². The Bertz CT molecular complexity index is 1240. The maximum Gasteiger partial charge on any atom is 0.259 e. The number of aliphatic hydroxyl groups excluding tert-OH is 1. The van der Waals surface area contributed by atoms with Crippen LogP contribution in [0.25, 0.3) is 22.6 Å². The maximum atomic E-state index is 14.1. The number of hydrogen-bond acceptors (Lipinski definition) is 6. The zero-order chi connectivity index (χ0) is 19.3. The summed E-state index contributed by atoms with van der Waals surface area (Å²) in [5.41, 5.74) is 1.82. The average Bonchev–Trinajstić information content (AvgIpc) is 3.21. The summed E-state index contributed by atoms with van der Waals surface area (Å²) >= 11 is 0. The largest absolute Gasteiger partial charge is 0.378 e. The van der Waals surface area contributed by atoms with Gasteiger partial charge in [-0.05, 0) is 18.2 Å². The Kier molecular flexibility index (Phi) is 3.63. The van der Waals surface area contributed by atoms with Crippen LogP contribution in [-0.4, -0.2) is 35.7 Å². The van der Waals surface area contributed by atoms with E-state index in [1.54, 1.807) is 35.1 Å². The first-order valence-corrected chi connectivity index (χ1v) is 8.53. The molecule has 2 N–H and O–H groups in total. The van der Waals surface area contributed by atoms with Crippen LogP contribution in [0, 0.1) is 5.82 Å². The van der Waals surface area contributed by atoms with Crippen molar-refractivity contribution >= 4 is 22.8 Å². The zero-order valence-corrected chi connectivity index (χ0v) is 14.4. The highest BCUT2D eigenvalue weighted by atomic mass is 19.1. The van der Waals surface area contributed by atoms with Crippen molar-refractivity contribution in [2.75, 3.05) is 5.32 Å². The summed E-state index contributed by atoms with van der Waals surface area (Å²) in [7, 11) is 0. The molecule has 1 unspecified atom stereocenters. The lowest BCUT2D eigenvalue weighted by Gasteiger charge is -2.04. The van der Waals surface area contributed by atoms with Crippen molar-refractivity contribution in [3.63, 3.8) is 0 Å². The minimum absolute atomic E-state index is 0.195. The van der Waals surface area contributed by atoms with E-state index < -0.39 is 12.0 Å². The number of amides is 1. The molecule has 1 aliphatic heterocycles. The number of aliphatic hydroxyl groups is 1. The van der Waals surface area contributed by atoms with Crippen molar-refractivity contribution < 1.29 is 14.3 Å². The standard InChI is InChI=1S/C19H13FN6O2/c20-13-6-2-1-4-10(13)9-26-18-11(5-3-7-21-18)14(25-26)17-22-8-12-15(27)19(28)24-16(12)23-17/h1-8,15,27H,9H2,(H,22,23,24,28). The van der Waals surface area contributed by atoms with E-state index in [2.05, 4.69) is 25.4 Å². The van der Waals surface area contributed by atoms with Crippen LogP contribution in [0.15, 0.2) is 48.8 Å². The molecule has 3 aromatic heterocycles. The molecule has 1 aliphatic rings. The Morgan fingerprint density at radius 3 is 2.89 bits per heavy atom. The van der Waals surface area contributed by atoms with Gasteiger partial charge in [-0.1, -0.05) is 18.2 Å². The molecule has 0 spiro atoms.